The monoisotopic (exact) mass is 534 g/mol. The first kappa shape index (κ1) is 27.1. The number of nitrogens with zero attached hydrogens (tertiary/aromatic N) is 1. The number of benzene rings is 2. The average molecular weight is 535 g/mol. The molecule has 36 heavy (non-hydrogen) atoms. The smallest absolute Gasteiger partial charge is 0.255 e. The van der Waals surface area contributed by atoms with Crippen molar-refractivity contribution in [3.63, 3.8) is 0 Å². The van der Waals surface area contributed by atoms with Crippen molar-refractivity contribution in [2.45, 2.75) is 25.4 Å². The van der Waals surface area contributed by atoms with E-state index in [1.165, 1.54) is 11.0 Å². The van der Waals surface area contributed by atoms with Crippen molar-refractivity contribution < 1.29 is 27.9 Å². The van der Waals surface area contributed by atoms with Crippen LogP contribution in [0.3, 0.4) is 0 Å². The van der Waals surface area contributed by atoms with E-state index in [2.05, 4.69) is 10.0 Å². The molecule has 2 amide bonds. The fourth-order valence-electron chi connectivity index (χ4n) is 3.44. The van der Waals surface area contributed by atoms with Gasteiger partial charge in [0.2, 0.25) is 15.9 Å². The maximum Gasteiger partial charge on any atom is 0.255 e. The van der Waals surface area contributed by atoms with E-state index in [1.807, 2.05) is 0 Å². The number of aliphatic hydroxyl groups excluding tert-OH is 1. The molecule has 2 aromatic carbocycles. The van der Waals surface area contributed by atoms with Gasteiger partial charge in [0.25, 0.3) is 5.91 Å². The highest BCUT2D eigenvalue weighted by Crippen LogP contribution is 2.23. The van der Waals surface area contributed by atoms with Gasteiger partial charge in [-0.3, -0.25) is 14.3 Å². The van der Waals surface area contributed by atoms with Gasteiger partial charge >= 0.3 is 0 Å². The quantitative estimate of drug-likeness (QED) is 0.340. The summed E-state index contributed by atoms with van der Waals surface area (Å²) in [5.41, 5.74) is 6.84. The second-order valence-electron chi connectivity index (χ2n) is 8.06. The second kappa shape index (κ2) is 11.9. The third kappa shape index (κ3) is 7.74. The minimum Gasteiger partial charge on any atom is -0.483 e. The number of carbonyl (C=O) groups excluding carboxylic acids is 2. The summed E-state index contributed by atoms with van der Waals surface area (Å²) in [4.78, 5) is 25.1. The van der Waals surface area contributed by atoms with Crippen LogP contribution in [0.4, 0.5) is 0 Å². The van der Waals surface area contributed by atoms with Crippen LogP contribution in [0.1, 0.15) is 18.1 Å². The fraction of sp³-hybridized carbons (Fsp3) is 0.250. The Hall–Kier alpha value is -3.54. The largest absolute Gasteiger partial charge is 0.483 e. The van der Waals surface area contributed by atoms with Gasteiger partial charge in [-0.2, -0.15) is 0 Å². The van der Waals surface area contributed by atoms with Gasteiger partial charge in [0.15, 0.2) is 12.8 Å². The number of amides is 2. The molecule has 5 N–H and O–H groups in total. The van der Waals surface area contributed by atoms with Crippen LogP contribution < -0.4 is 20.5 Å². The summed E-state index contributed by atoms with van der Waals surface area (Å²) in [5.74, 6) is -1.02. The Morgan fingerprint density at radius 2 is 1.89 bits per heavy atom. The first-order valence-corrected chi connectivity index (χ1v) is 12.9. The molecule has 0 radical (unpaired) electrons. The number of allylic oxidation sites excluding steroid dienone is 3. The Morgan fingerprint density at radius 1 is 1.17 bits per heavy atom. The van der Waals surface area contributed by atoms with Crippen molar-refractivity contribution in [3.05, 3.63) is 88.2 Å². The molecule has 1 aliphatic rings. The lowest BCUT2D eigenvalue weighted by Gasteiger charge is -2.34. The number of hydrogen-bond donors (Lipinski definition) is 4. The highest BCUT2D eigenvalue weighted by atomic mass is 35.5. The van der Waals surface area contributed by atoms with Crippen molar-refractivity contribution in [2.75, 3.05) is 13.2 Å². The number of ether oxygens (including phenoxy) is 1. The van der Waals surface area contributed by atoms with Crippen molar-refractivity contribution in [3.8, 4) is 5.75 Å². The summed E-state index contributed by atoms with van der Waals surface area (Å²) in [6, 6.07) is 13.4. The zero-order valence-electron chi connectivity index (χ0n) is 19.5. The van der Waals surface area contributed by atoms with E-state index < -0.39 is 28.1 Å². The number of sulfonamides is 1. The molecule has 12 heteroatoms. The minimum atomic E-state index is -3.80. The lowest BCUT2D eigenvalue weighted by molar-refractivity contribution is -0.124. The summed E-state index contributed by atoms with van der Waals surface area (Å²) >= 11 is 6.04. The molecule has 10 nitrogen and oxygen atoms in total. The summed E-state index contributed by atoms with van der Waals surface area (Å²) in [6.07, 6.45) is 1.69. The van der Waals surface area contributed by atoms with E-state index in [0.29, 0.717) is 27.6 Å². The number of carbonyl (C=O) groups is 2. The summed E-state index contributed by atoms with van der Waals surface area (Å²) in [5, 5.41) is 13.9. The van der Waals surface area contributed by atoms with Gasteiger partial charge in [-0.25, -0.2) is 8.42 Å². The molecular weight excluding hydrogens is 508 g/mol. The van der Waals surface area contributed by atoms with Gasteiger partial charge in [-0.15, -0.1) is 0 Å². The highest BCUT2D eigenvalue weighted by Gasteiger charge is 2.28. The molecule has 0 spiro atoms. The predicted octanol–water partition coefficient (Wildman–Crippen LogP) is 1.36. The molecule has 3 rings (SSSR count). The van der Waals surface area contributed by atoms with Crippen LogP contribution >= 0.6 is 11.6 Å². The molecule has 0 aromatic heterocycles. The summed E-state index contributed by atoms with van der Waals surface area (Å²) in [7, 11) is -3.80. The van der Waals surface area contributed by atoms with Gasteiger partial charge in [0.05, 0.1) is 18.0 Å². The minimum absolute atomic E-state index is 0.0290. The van der Waals surface area contributed by atoms with E-state index in [4.69, 9.17) is 22.1 Å². The molecule has 0 aliphatic carbocycles. The molecule has 0 saturated carbocycles. The normalized spacial score (nSPS) is 15.5. The first-order chi connectivity index (χ1) is 17.0. The van der Waals surface area contributed by atoms with Crippen LogP contribution in [0, 0.1) is 0 Å². The summed E-state index contributed by atoms with van der Waals surface area (Å²) < 4.78 is 33.0. The number of hydrogen-bond acceptors (Lipinski definition) is 7. The molecule has 1 aliphatic heterocycles. The van der Waals surface area contributed by atoms with Crippen LogP contribution in [-0.2, 0) is 31.9 Å². The van der Waals surface area contributed by atoms with Crippen LogP contribution in [0.5, 0.6) is 5.75 Å². The molecule has 192 valence electrons. The SMILES string of the molecule is CC1=CC=C(NS(=O)(=O)Cc2ccccc2)C(O)N1CC(=O)NCc1cc(Cl)ccc1OCC(N)=O. The van der Waals surface area contributed by atoms with E-state index in [-0.39, 0.29) is 31.1 Å². The van der Waals surface area contributed by atoms with Gasteiger partial charge in [0, 0.05) is 22.8 Å². The number of rotatable bonds is 11. The zero-order valence-corrected chi connectivity index (χ0v) is 21.1. The molecule has 2 aromatic rings. The topological polar surface area (TPSA) is 151 Å². The van der Waals surface area contributed by atoms with Crippen LogP contribution in [-0.4, -0.2) is 49.6 Å². The molecule has 1 heterocycles. The zero-order chi connectivity index (χ0) is 26.3. The second-order valence-corrected chi connectivity index (χ2v) is 10.2. The number of primary amides is 1. The van der Waals surface area contributed by atoms with E-state index in [1.54, 1.807) is 61.5 Å². The van der Waals surface area contributed by atoms with Crippen molar-refractivity contribution in [1.82, 2.24) is 14.9 Å². The van der Waals surface area contributed by atoms with E-state index in [9.17, 15) is 23.1 Å². The van der Waals surface area contributed by atoms with Crippen LogP contribution in [0.2, 0.25) is 5.02 Å². The Morgan fingerprint density at radius 3 is 2.58 bits per heavy atom. The Balaban J connectivity index is 1.62. The predicted molar refractivity (Wildman–Crippen MR) is 135 cm³/mol. The first-order valence-electron chi connectivity index (χ1n) is 10.9. The third-order valence-corrected chi connectivity index (χ3v) is 6.68. The van der Waals surface area contributed by atoms with Crippen molar-refractivity contribution in [2.24, 2.45) is 5.73 Å². The van der Waals surface area contributed by atoms with Crippen LogP contribution in [0.15, 0.2) is 72.1 Å². The number of halogens is 1. The van der Waals surface area contributed by atoms with Gasteiger partial charge in [-0.1, -0.05) is 41.9 Å². The molecule has 0 fully saturated rings. The van der Waals surface area contributed by atoms with Crippen LogP contribution in [0.25, 0.3) is 0 Å². The number of aliphatic hydroxyl groups is 1. The fourth-order valence-corrected chi connectivity index (χ4v) is 4.87. The third-order valence-electron chi connectivity index (χ3n) is 5.19. The van der Waals surface area contributed by atoms with Gasteiger partial charge in [-0.05, 0) is 42.8 Å². The standard InChI is InChI=1S/C24H27ClN4O6S/c1-16-7-9-20(28-36(33,34)15-17-5-3-2-4-6-17)24(32)29(16)13-23(31)27-12-18-11-19(25)8-10-21(18)35-14-22(26)30/h2-11,24,28,32H,12-15H2,1H3,(H2,26,30)(H,27,31). The maximum atomic E-state index is 12.7. The molecule has 1 atom stereocenters. The van der Waals surface area contributed by atoms with E-state index >= 15 is 0 Å². The number of nitrogens with one attached hydrogen (secondary N) is 2. The van der Waals surface area contributed by atoms with Crippen molar-refractivity contribution in [1.29, 1.82) is 0 Å². The highest BCUT2D eigenvalue weighted by molar-refractivity contribution is 7.88. The lowest BCUT2D eigenvalue weighted by atomic mass is 10.2. The van der Waals surface area contributed by atoms with Gasteiger partial charge < -0.3 is 25.8 Å². The Kier molecular flexibility index (Phi) is 8.97. The van der Waals surface area contributed by atoms with Crippen molar-refractivity contribution >= 4 is 33.4 Å². The lowest BCUT2D eigenvalue weighted by Crippen LogP contribution is -2.47. The van der Waals surface area contributed by atoms with Gasteiger partial charge in [0.1, 0.15) is 5.75 Å². The Labute approximate surface area is 214 Å². The van der Waals surface area contributed by atoms with E-state index in [0.717, 1.165) is 0 Å². The molecular formula is C24H27ClN4O6S. The number of nitrogens with two attached hydrogens (primary N) is 1. The molecule has 1 unspecified atom stereocenters. The Bertz CT molecular complexity index is 1280. The molecule has 0 saturated heterocycles. The summed E-state index contributed by atoms with van der Waals surface area (Å²) in [6.45, 7) is 1.14. The molecule has 0 bridgehead atoms. The average Bonchev–Trinajstić information content (AvgIpc) is 2.82. The maximum absolute atomic E-state index is 12.7.